The molecule has 0 radical (unpaired) electrons. The molecule has 3 fully saturated rings. The molecule has 0 aliphatic carbocycles. The van der Waals surface area contributed by atoms with Crippen molar-refractivity contribution in [1.29, 1.82) is 0 Å². The van der Waals surface area contributed by atoms with Crippen LogP contribution in [0.25, 0.3) is 0 Å². The molecule has 1 aromatic carbocycles. The number of carbonyl (C=O) groups excluding carboxylic acids is 2. The molecule has 25 heavy (non-hydrogen) atoms. The van der Waals surface area contributed by atoms with E-state index < -0.39 is 0 Å². The molecule has 4 rings (SSSR count). The van der Waals surface area contributed by atoms with Crippen molar-refractivity contribution in [2.45, 2.75) is 56.7 Å². The van der Waals surface area contributed by atoms with Gasteiger partial charge >= 0.3 is 0 Å². The van der Waals surface area contributed by atoms with Crippen molar-refractivity contribution in [2.75, 3.05) is 13.1 Å². The van der Waals surface area contributed by atoms with Crippen LogP contribution in [0.2, 0.25) is 0 Å². The van der Waals surface area contributed by atoms with Gasteiger partial charge < -0.3 is 15.5 Å². The number of nitrogens with zero attached hydrogens (tertiary/aromatic N) is 1. The van der Waals surface area contributed by atoms with E-state index >= 15 is 0 Å². The van der Waals surface area contributed by atoms with Crippen LogP contribution in [0.1, 0.15) is 48.9 Å². The smallest absolute Gasteiger partial charge is 0.253 e. The average molecular weight is 341 g/mol. The van der Waals surface area contributed by atoms with Crippen LogP contribution >= 0.6 is 0 Å². The van der Waals surface area contributed by atoms with Gasteiger partial charge in [0, 0.05) is 36.8 Å². The van der Waals surface area contributed by atoms with E-state index in [-0.39, 0.29) is 17.7 Å². The van der Waals surface area contributed by atoms with Gasteiger partial charge in [0.25, 0.3) is 5.91 Å². The largest absolute Gasteiger partial charge is 0.353 e. The monoisotopic (exact) mass is 341 g/mol. The number of amides is 2. The summed E-state index contributed by atoms with van der Waals surface area (Å²) in [6.07, 6.45) is 6.33. The van der Waals surface area contributed by atoms with Crippen LogP contribution < -0.4 is 10.6 Å². The zero-order valence-electron chi connectivity index (χ0n) is 14.6. The van der Waals surface area contributed by atoms with Gasteiger partial charge in [-0.1, -0.05) is 18.2 Å². The number of piperidine rings is 2. The number of hydrogen-bond donors (Lipinski definition) is 2. The SMILES string of the molecule is O=C(NC1CC2CCC(C1)N2)C1CCCN(C(=O)c2ccccc2)C1. The Bertz CT molecular complexity index is 621. The molecular formula is C20H27N3O2. The van der Waals surface area contributed by atoms with Gasteiger partial charge in [-0.25, -0.2) is 0 Å². The summed E-state index contributed by atoms with van der Waals surface area (Å²) in [5.41, 5.74) is 0.707. The van der Waals surface area contributed by atoms with Gasteiger partial charge in [-0.2, -0.15) is 0 Å². The molecule has 2 N–H and O–H groups in total. The molecular weight excluding hydrogens is 314 g/mol. The van der Waals surface area contributed by atoms with Crippen molar-refractivity contribution in [3.8, 4) is 0 Å². The molecule has 3 aliphatic heterocycles. The summed E-state index contributed by atoms with van der Waals surface area (Å²) in [6.45, 7) is 1.28. The second-order valence-corrected chi connectivity index (χ2v) is 7.77. The molecule has 3 atom stereocenters. The molecule has 3 heterocycles. The van der Waals surface area contributed by atoms with E-state index in [4.69, 9.17) is 0 Å². The Balaban J connectivity index is 1.34. The van der Waals surface area contributed by atoms with Crippen molar-refractivity contribution in [1.82, 2.24) is 15.5 Å². The highest BCUT2D eigenvalue weighted by Crippen LogP contribution is 2.27. The first-order chi connectivity index (χ1) is 12.2. The Morgan fingerprint density at radius 1 is 1.04 bits per heavy atom. The predicted molar refractivity (Wildman–Crippen MR) is 96.2 cm³/mol. The Morgan fingerprint density at radius 3 is 2.48 bits per heavy atom. The van der Waals surface area contributed by atoms with Crippen LogP contribution in [0, 0.1) is 5.92 Å². The molecule has 3 unspecified atom stereocenters. The molecule has 2 amide bonds. The summed E-state index contributed by atoms with van der Waals surface area (Å²) in [4.78, 5) is 27.2. The van der Waals surface area contributed by atoms with Crippen LogP contribution in [-0.4, -0.2) is 47.9 Å². The summed E-state index contributed by atoms with van der Waals surface area (Å²) in [5.74, 6) is 0.101. The fourth-order valence-electron chi connectivity index (χ4n) is 4.63. The van der Waals surface area contributed by atoms with Crippen LogP contribution in [0.4, 0.5) is 0 Å². The molecule has 0 spiro atoms. The van der Waals surface area contributed by atoms with Gasteiger partial charge in [-0.3, -0.25) is 9.59 Å². The Morgan fingerprint density at radius 2 is 1.76 bits per heavy atom. The zero-order valence-corrected chi connectivity index (χ0v) is 14.6. The first-order valence-electron chi connectivity index (χ1n) is 9.60. The van der Waals surface area contributed by atoms with Crippen molar-refractivity contribution < 1.29 is 9.59 Å². The Labute approximate surface area is 149 Å². The number of rotatable bonds is 3. The highest BCUT2D eigenvalue weighted by molar-refractivity contribution is 5.94. The lowest BCUT2D eigenvalue weighted by molar-refractivity contribution is -0.127. The van der Waals surface area contributed by atoms with Crippen molar-refractivity contribution in [2.24, 2.45) is 5.92 Å². The Hall–Kier alpha value is -1.88. The van der Waals surface area contributed by atoms with E-state index in [1.165, 1.54) is 12.8 Å². The van der Waals surface area contributed by atoms with Crippen LogP contribution in [-0.2, 0) is 4.79 Å². The van der Waals surface area contributed by atoms with Crippen molar-refractivity contribution in [3.05, 3.63) is 35.9 Å². The molecule has 1 aromatic rings. The number of hydrogen-bond acceptors (Lipinski definition) is 3. The zero-order chi connectivity index (χ0) is 17.2. The second-order valence-electron chi connectivity index (χ2n) is 7.77. The molecule has 2 bridgehead atoms. The van der Waals surface area contributed by atoms with Crippen LogP contribution in [0.5, 0.6) is 0 Å². The van der Waals surface area contributed by atoms with Gasteiger partial charge in [-0.15, -0.1) is 0 Å². The number of benzene rings is 1. The standard InChI is InChI=1S/C20H27N3O2/c24-19(22-18-11-16-8-9-17(12-18)21-16)15-7-4-10-23(13-15)20(25)14-5-2-1-3-6-14/h1-3,5-6,15-18,21H,4,7-13H2,(H,22,24). The van der Waals surface area contributed by atoms with Crippen LogP contribution in [0.3, 0.4) is 0 Å². The number of likely N-dealkylation sites (tertiary alicyclic amines) is 1. The fourth-order valence-corrected chi connectivity index (χ4v) is 4.63. The van der Waals surface area contributed by atoms with Crippen LogP contribution in [0.15, 0.2) is 30.3 Å². The van der Waals surface area contributed by atoms with Gasteiger partial charge in [0.2, 0.25) is 5.91 Å². The maximum Gasteiger partial charge on any atom is 0.253 e. The van der Waals surface area contributed by atoms with Gasteiger partial charge in [0.1, 0.15) is 0 Å². The summed E-state index contributed by atoms with van der Waals surface area (Å²) < 4.78 is 0. The quantitative estimate of drug-likeness (QED) is 0.883. The highest BCUT2D eigenvalue weighted by atomic mass is 16.2. The Kier molecular flexibility index (Phi) is 4.75. The second kappa shape index (κ2) is 7.16. The third-order valence-electron chi connectivity index (χ3n) is 5.92. The summed E-state index contributed by atoms with van der Waals surface area (Å²) in [7, 11) is 0. The molecule has 5 heteroatoms. The average Bonchev–Trinajstić information content (AvgIpc) is 3.00. The lowest BCUT2D eigenvalue weighted by Crippen LogP contribution is -2.51. The normalized spacial score (nSPS) is 31.6. The lowest BCUT2D eigenvalue weighted by Gasteiger charge is -2.34. The van der Waals surface area contributed by atoms with Gasteiger partial charge in [0.05, 0.1) is 5.92 Å². The molecule has 134 valence electrons. The topological polar surface area (TPSA) is 61.4 Å². The van der Waals surface area contributed by atoms with E-state index in [0.717, 1.165) is 32.2 Å². The minimum Gasteiger partial charge on any atom is -0.353 e. The highest BCUT2D eigenvalue weighted by Gasteiger charge is 2.36. The first kappa shape index (κ1) is 16.6. The first-order valence-corrected chi connectivity index (χ1v) is 9.60. The number of nitrogens with one attached hydrogen (secondary N) is 2. The minimum absolute atomic E-state index is 0.0398. The van der Waals surface area contributed by atoms with E-state index in [9.17, 15) is 9.59 Å². The fraction of sp³-hybridized carbons (Fsp3) is 0.600. The molecule has 3 saturated heterocycles. The molecule has 0 saturated carbocycles. The number of fused-ring (bicyclic) bond motifs is 2. The summed E-state index contributed by atoms with van der Waals surface area (Å²) in [6, 6.07) is 10.8. The van der Waals surface area contributed by atoms with Crippen molar-refractivity contribution >= 4 is 11.8 Å². The predicted octanol–water partition coefficient (Wildman–Crippen LogP) is 1.94. The van der Waals surface area contributed by atoms with E-state index in [2.05, 4.69) is 10.6 Å². The molecule has 5 nitrogen and oxygen atoms in total. The summed E-state index contributed by atoms with van der Waals surface area (Å²) >= 11 is 0. The third-order valence-corrected chi connectivity index (χ3v) is 5.92. The van der Waals surface area contributed by atoms with E-state index in [1.807, 2.05) is 35.2 Å². The third kappa shape index (κ3) is 3.71. The van der Waals surface area contributed by atoms with Gasteiger partial charge in [-0.05, 0) is 50.7 Å². The van der Waals surface area contributed by atoms with Crippen molar-refractivity contribution in [3.63, 3.8) is 0 Å². The summed E-state index contributed by atoms with van der Waals surface area (Å²) in [5, 5.41) is 6.88. The van der Waals surface area contributed by atoms with Gasteiger partial charge in [0.15, 0.2) is 0 Å². The maximum atomic E-state index is 12.7. The van der Waals surface area contributed by atoms with E-state index in [1.54, 1.807) is 0 Å². The number of carbonyl (C=O) groups is 2. The maximum absolute atomic E-state index is 12.7. The lowest BCUT2D eigenvalue weighted by atomic mass is 9.94. The van der Waals surface area contributed by atoms with E-state index in [0.29, 0.717) is 30.2 Å². The molecule has 0 aromatic heterocycles. The molecule has 3 aliphatic rings. The minimum atomic E-state index is -0.0750.